The molecule has 0 aliphatic carbocycles. The number of hydrogen-bond donors (Lipinski definition) is 3. The highest BCUT2D eigenvalue weighted by Crippen LogP contribution is 2.25. The zero-order chi connectivity index (χ0) is 10.8. The van der Waals surface area contributed by atoms with Crippen LogP contribution < -0.4 is 5.48 Å². The van der Waals surface area contributed by atoms with E-state index in [1.54, 1.807) is 24.4 Å². The van der Waals surface area contributed by atoms with Crippen LogP contribution in [0, 0.1) is 0 Å². The molecule has 0 fully saturated rings. The van der Waals surface area contributed by atoms with E-state index in [0.717, 1.165) is 5.39 Å². The van der Waals surface area contributed by atoms with Gasteiger partial charge < -0.3 is 9.72 Å². The third-order valence-corrected chi connectivity index (χ3v) is 2.24. The molecule has 0 unspecified atom stereocenters. The Hall–Kier alpha value is -2.01. The normalized spacial score (nSPS) is 10.3. The minimum absolute atomic E-state index is 0.410. The topological polar surface area (TPSA) is 74.3 Å². The van der Waals surface area contributed by atoms with Crippen molar-refractivity contribution in [3.05, 3.63) is 30.0 Å². The average Bonchev–Trinajstić information content (AvgIpc) is 2.70. The molecule has 5 heteroatoms. The number of carbonyl (C=O) groups is 1. The number of H-pyrrole nitrogens is 1. The summed E-state index contributed by atoms with van der Waals surface area (Å²) in [6.45, 7) is 0. The number of para-hydroxylation sites is 1. The van der Waals surface area contributed by atoms with Crippen molar-refractivity contribution in [2.75, 3.05) is 12.6 Å². The zero-order valence-electron chi connectivity index (χ0n) is 8.07. The first-order valence-corrected chi connectivity index (χ1v) is 4.36. The van der Waals surface area contributed by atoms with Gasteiger partial charge >= 0.3 is 5.97 Å². The number of carbonyl (C=O) groups excluding carboxylic acids is 1. The third-order valence-electron chi connectivity index (χ3n) is 2.24. The first-order chi connectivity index (χ1) is 7.27. The summed E-state index contributed by atoms with van der Waals surface area (Å²) in [6, 6.07) is 5.17. The van der Waals surface area contributed by atoms with Crippen molar-refractivity contribution in [1.29, 1.82) is 0 Å². The van der Waals surface area contributed by atoms with Gasteiger partial charge in [-0.1, -0.05) is 12.1 Å². The fourth-order valence-electron chi connectivity index (χ4n) is 1.53. The highest BCUT2D eigenvalue weighted by molar-refractivity contribution is 6.06. The van der Waals surface area contributed by atoms with Crippen molar-refractivity contribution >= 4 is 22.6 Å². The second-order valence-electron chi connectivity index (χ2n) is 3.03. The molecule has 2 aromatic rings. The maximum absolute atomic E-state index is 11.4. The Labute approximate surface area is 85.6 Å². The summed E-state index contributed by atoms with van der Waals surface area (Å²) >= 11 is 0. The molecule has 0 saturated carbocycles. The van der Waals surface area contributed by atoms with E-state index < -0.39 is 5.97 Å². The molecule has 2 rings (SSSR count). The molecule has 0 aliphatic rings. The molecule has 1 aromatic carbocycles. The molecular weight excluding hydrogens is 196 g/mol. The van der Waals surface area contributed by atoms with Crippen LogP contribution in [0.4, 0.5) is 5.69 Å². The van der Waals surface area contributed by atoms with Crippen molar-refractivity contribution in [3.8, 4) is 0 Å². The predicted octanol–water partition coefficient (Wildman–Crippen LogP) is 1.76. The van der Waals surface area contributed by atoms with Crippen LogP contribution >= 0.6 is 0 Å². The van der Waals surface area contributed by atoms with Gasteiger partial charge in [0.15, 0.2) is 0 Å². The maximum Gasteiger partial charge on any atom is 0.339 e. The van der Waals surface area contributed by atoms with E-state index in [0.29, 0.717) is 16.8 Å². The van der Waals surface area contributed by atoms with Gasteiger partial charge in [0.2, 0.25) is 0 Å². The molecule has 0 spiro atoms. The summed E-state index contributed by atoms with van der Waals surface area (Å²) in [5, 5.41) is 9.56. The van der Waals surface area contributed by atoms with Crippen LogP contribution in [-0.4, -0.2) is 23.3 Å². The lowest BCUT2D eigenvalue weighted by molar-refractivity contribution is 0.0603. The third kappa shape index (κ3) is 1.42. The average molecular weight is 206 g/mol. The number of aromatic nitrogens is 1. The number of aromatic amines is 1. The van der Waals surface area contributed by atoms with E-state index >= 15 is 0 Å². The number of esters is 1. The number of ether oxygens (including phenoxy) is 1. The summed E-state index contributed by atoms with van der Waals surface area (Å²) in [6.07, 6.45) is 1.58. The molecule has 0 saturated heterocycles. The highest BCUT2D eigenvalue weighted by atomic mass is 16.5. The van der Waals surface area contributed by atoms with Crippen LogP contribution in [-0.2, 0) is 4.74 Å². The van der Waals surface area contributed by atoms with E-state index in [-0.39, 0.29) is 0 Å². The first-order valence-electron chi connectivity index (χ1n) is 4.36. The summed E-state index contributed by atoms with van der Waals surface area (Å²) in [4.78, 5) is 14.3. The Morgan fingerprint density at radius 1 is 1.53 bits per heavy atom. The molecule has 1 aromatic heterocycles. The Morgan fingerprint density at radius 2 is 2.33 bits per heavy atom. The maximum atomic E-state index is 11.4. The van der Waals surface area contributed by atoms with Gasteiger partial charge in [-0.15, -0.1) is 0 Å². The van der Waals surface area contributed by atoms with Gasteiger partial charge in [0.05, 0.1) is 23.9 Å². The monoisotopic (exact) mass is 206 g/mol. The lowest BCUT2D eigenvalue weighted by Gasteiger charge is -2.01. The SMILES string of the molecule is COC(=O)c1cccc2c(NO)c[nH]c12. The van der Waals surface area contributed by atoms with Crippen molar-refractivity contribution in [2.45, 2.75) is 0 Å². The number of fused-ring (bicyclic) bond motifs is 1. The Balaban J connectivity index is 2.67. The molecule has 15 heavy (non-hydrogen) atoms. The van der Waals surface area contributed by atoms with E-state index in [2.05, 4.69) is 15.2 Å². The molecule has 0 radical (unpaired) electrons. The van der Waals surface area contributed by atoms with Crippen molar-refractivity contribution < 1.29 is 14.7 Å². The minimum atomic E-state index is -0.410. The molecule has 0 bridgehead atoms. The molecule has 0 atom stereocenters. The van der Waals surface area contributed by atoms with Crippen LogP contribution in [0.5, 0.6) is 0 Å². The molecule has 78 valence electrons. The number of benzene rings is 1. The lowest BCUT2D eigenvalue weighted by atomic mass is 10.1. The second kappa shape index (κ2) is 3.62. The number of hydrogen-bond acceptors (Lipinski definition) is 4. The van der Waals surface area contributed by atoms with Crippen LogP contribution in [0.1, 0.15) is 10.4 Å². The van der Waals surface area contributed by atoms with Crippen molar-refractivity contribution in [3.63, 3.8) is 0 Å². The van der Waals surface area contributed by atoms with Crippen molar-refractivity contribution in [1.82, 2.24) is 4.98 Å². The summed E-state index contributed by atoms with van der Waals surface area (Å²) < 4.78 is 4.65. The van der Waals surface area contributed by atoms with Gasteiger partial charge in [0, 0.05) is 11.6 Å². The van der Waals surface area contributed by atoms with Crippen LogP contribution in [0.3, 0.4) is 0 Å². The number of rotatable bonds is 2. The predicted molar refractivity (Wildman–Crippen MR) is 55.0 cm³/mol. The van der Waals surface area contributed by atoms with Gasteiger partial charge in [0.25, 0.3) is 0 Å². The molecule has 1 heterocycles. The Bertz CT molecular complexity index is 504. The largest absolute Gasteiger partial charge is 0.465 e. The standard InChI is InChI=1S/C10H10N2O3/c1-15-10(13)7-4-2-3-6-8(12-14)5-11-9(6)7/h2-5,11-12,14H,1H3. The van der Waals surface area contributed by atoms with Gasteiger partial charge in [-0.25, -0.2) is 4.79 Å². The van der Waals surface area contributed by atoms with E-state index in [1.165, 1.54) is 7.11 Å². The van der Waals surface area contributed by atoms with E-state index in [4.69, 9.17) is 5.21 Å². The minimum Gasteiger partial charge on any atom is -0.465 e. The lowest BCUT2D eigenvalue weighted by Crippen LogP contribution is -2.01. The highest BCUT2D eigenvalue weighted by Gasteiger charge is 2.12. The Kier molecular flexibility index (Phi) is 2.31. The second-order valence-corrected chi connectivity index (χ2v) is 3.03. The van der Waals surface area contributed by atoms with Crippen LogP contribution in [0.15, 0.2) is 24.4 Å². The number of nitrogens with one attached hydrogen (secondary N) is 2. The van der Waals surface area contributed by atoms with Gasteiger partial charge in [-0.2, -0.15) is 0 Å². The fraction of sp³-hybridized carbons (Fsp3) is 0.100. The smallest absolute Gasteiger partial charge is 0.339 e. The zero-order valence-corrected chi connectivity index (χ0v) is 8.07. The van der Waals surface area contributed by atoms with Gasteiger partial charge in [0.1, 0.15) is 0 Å². The van der Waals surface area contributed by atoms with Crippen LogP contribution in [0.2, 0.25) is 0 Å². The number of methoxy groups -OCH3 is 1. The van der Waals surface area contributed by atoms with E-state index in [9.17, 15) is 4.79 Å². The quantitative estimate of drug-likeness (QED) is 0.517. The summed E-state index contributed by atoms with van der Waals surface area (Å²) in [5.41, 5.74) is 3.66. The molecule has 0 aliphatic heterocycles. The fourth-order valence-corrected chi connectivity index (χ4v) is 1.53. The Morgan fingerprint density at radius 3 is 3.00 bits per heavy atom. The summed E-state index contributed by atoms with van der Waals surface area (Å²) in [7, 11) is 1.33. The molecule has 3 N–H and O–H groups in total. The summed E-state index contributed by atoms with van der Waals surface area (Å²) in [5.74, 6) is -0.410. The van der Waals surface area contributed by atoms with E-state index in [1.807, 2.05) is 0 Å². The molecule has 0 amide bonds. The van der Waals surface area contributed by atoms with Gasteiger partial charge in [-0.3, -0.25) is 10.7 Å². The first kappa shape index (κ1) is 9.54. The molecule has 5 nitrogen and oxygen atoms in total. The van der Waals surface area contributed by atoms with Crippen molar-refractivity contribution in [2.24, 2.45) is 0 Å². The molecular formula is C10H10N2O3. The van der Waals surface area contributed by atoms with Gasteiger partial charge in [-0.05, 0) is 6.07 Å². The van der Waals surface area contributed by atoms with Crippen LogP contribution in [0.25, 0.3) is 10.9 Å². The number of anilines is 1.